The fourth-order valence-electron chi connectivity index (χ4n) is 4.12. The Balaban J connectivity index is 1.39. The molecule has 4 rings (SSSR count). The van der Waals surface area contributed by atoms with Gasteiger partial charge in [-0.1, -0.05) is 6.07 Å². The summed E-state index contributed by atoms with van der Waals surface area (Å²) in [4.78, 5) is 43.0. The molecule has 0 atom stereocenters. The fourth-order valence-corrected chi connectivity index (χ4v) is 5.56. The van der Waals surface area contributed by atoms with Gasteiger partial charge in [-0.15, -0.1) is 0 Å². The van der Waals surface area contributed by atoms with Gasteiger partial charge in [0.2, 0.25) is 21.8 Å². The number of likely N-dealkylation sites (tertiary alicyclic amines) is 1. The number of hydrogen-bond donors (Lipinski definition) is 2. The Morgan fingerprint density at radius 3 is 2.59 bits per heavy atom. The Labute approximate surface area is 198 Å². The second kappa shape index (κ2) is 9.90. The van der Waals surface area contributed by atoms with Crippen LogP contribution in [-0.4, -0.2) is 73.1 Å². The lowest BCUT2D eigenvalue weighted by atomic mass is 9.95. The number of benzene rings is 1. The van der Waals surface area contributed by atoms with Gasteiger partial charge in [0, 0.05) is 43.9 Å². The number of aromatic nitrogens is 1. The van der Waals surface area contributed by atoms with Crippen molar-refractivity contribution in [2.75, 3.05) is 38.0 Å². The summed E-state index contributed by atoms with van der Waals surface area (Å²) in [5, 5.41) is 5.43. The second-order valence-corrected chi connectivity index (χ2v) is 10.4. The van der Waals surface area contributed by atoms with Crippen molar-refractivity contribution < 1.29 is 22.8 Å². The first kappa shape index (κ1) is 23.8. The molecule has 0 radical (unpaired) electrons. The number of pyridine rings is 1. The number of aryl methyl sites for hydroxylation is 1. The highest BCUT2D eigenvalue weighted by Gasteiger charge is 2.31. The number of carbonyl (C=O) groups is 3. The zero-order valence-corrected chi connectivity index (χ0v) is 19.7. The van der Waals surface area contributed by atoms with Gasteiger partial charge in [-0.2, -0.15) is 4.31 Å². The highest BCUT2D eigenvalue weighted by atomic mass is 32.2. The Morgan fingerprint density at radius 2 is 1.88 bits per heavy atom. The maximum Gasteiger partial charge on any atom is 0.253 e. The number of nitrogens with zero attached hydrogens (tertiary/aromatic N) is 3. The monoisotopic (exact) mass is 485 g/mol. The maximum absolute atomic E-state index is 13.1. The average Bonchev–Trinajstić information content (AvgIpc) is 2.84. The molecule has 0 spiro atoms. The second-order valence-electron chi connectivity index (χ2n) is 8.49. The number of piperazine rings is 1. The van der Waals surface area contributed by atoms with E-state index in [1.54, 1.807) is 23.2 Å². The van der Waals surface area contributed by atoms with Crippen molar-refractivity contribution in [2.45, 2.75) is 24.7 Å². The first-order chi connectivity index (χ1) is 16.2. The summed E-state index contributed by atoms with van der Waals surface area (Å²) >= 11 is 0. The van der Waals surface area contributed by atoms with Crippen LogP contribution in [0.5, 0.6) is 0 Å². The summed E-state index contributed by atoms with van der Waals surface area (Å²) in [6.07, 6.45) is 2.65. The van der Waals surface area contributed by atoms with Crippen molar-refractivity contribution >= 4 is 33.6 Å². The molecule has 34 heavy (non-hydrogen) atoms. The van der Waals surface area contributed by atoms with Gasteiger partial charge in [-0.05, 0) is 55.7 Å². The Kier molecular flexibility index (Phi) is 6.94. The highest BCUT2D eigenvalue weighted by molar-refractivity contribution is 7.89. The van der Waals surface area contributed by atoms with Crippen LogP contribution in [0, 0.1) is 12.8 Å². The molecular formula is C23H27N5O5S. The number of amides is 3. The van der Waals surface area contributed by atoms with E-state index >= 15 is 0 Å². The molecule has 0 saturated carbocycles. The van der Waals surface area contributed by atoms with Gasteiger partial charge in [0.15, 0.2) is 0 Å². The zero-order chi connectivity index (χ0) is 24.3. The molecule has 11 heteroatoms. The molecule has 2 saturated heterocycles. The molecule has 2 fully saturated rings. The van der Waals surface area contributed by atoms with E-state index in [0.29, 0.717) is 31.7 Å². The molecule has 3 heterocycles. The van der Waals surface area contributed by atoms with Gasteiger partial charge >= 0.3 is 0 Å². The number of hydrogen-bond acceptors (Lipinski definition) is 6. The minimum Gasteiger partial charge on any atom is -0.354 e. The van der Waals surface area contributed by atoms with E-state index in [9.17, 15) is 22.8 Å². The number of nitrogens with one attached hydrogen (secondary N) is 2. The topological polar surface area (TPSA) is 129 Å². The number of anilines is 1. The van der Waals surface area contributed by atoms with E-state index in [1.807, 2.05) is 13.0 Å². The smallest absolute Gasteiger partial charge is 0.253 e. The zero-order valence-electron chi connectivity index (χ0n) is 18.9. The molecule has 0 unspecified atom stereocenters. The van der Waals surface area contributed by atoms with E-state index in [1.165, 1.54) is 18.2 Å². The Morgan fingerprint density at radius 1 is 1.12 bits per heavy atom. The van der Waals surface area contributed by atoms with Crippen molar-refractivity contribution in [3.8, 4) is 0 Å². The Hall–Kier alpha value is -3.31. The van der Waals surface area contributed by atoms with Crippen LogP contribution in [0.2, 0.25) is 0 Å². The minimum atomic E-state index is -3.89. The van der Waals surface area contributed by atoms with Gasteiger partial charge < -0.3 is 15.5 Å². The quantitative estimate of drug-likeness (QED) is 0.650. The number of rotatable bonds is 5. The van der Waals surface area contributed by atoms with Gasteiger partial charge in [0.25, 0.3) is 5.91 Å². The first-order valence-corrected chi connectivity index (χ1v) is 12.6. The van der Waals surface area contributed by atoms with Gasteiger partial charge in [0.05, 0.1) is 11.4 Å². The number of carbonyl (C=O) groups excluding carboxylic acids is 3. The molecule has 1 aromatic heterocycles. The standard InChI is InChI=1S/C23H27N5O5S/c1-16-5-8-24-20(13-16)26-22(30)17-6-10-27(11-7-17)23(31)18-3-2-4-19(14-18)34(32,33)28-12-9-25-21(29)15-28/h2-5,8,13-14,17H,6-7,9-12,15H2,1H3,(H,25,29)(H,24,26,30). The molecule has 2 aliphatic rings. The number of piperidine rings is 1. The summed E-state index contributed by atoms with van der Waals surface area (Å²) in [6, 6.07) is 9.53. The summed E-state index contributed by atoms with van der Waals surface area (Å²) in [5.74, 6) is -0.486. The van der Waals surface area contributed by atoms with Crippen LogP contribution in [0.1, 0.15) is 28.8 Å². The molecular weight excluding hydrogens is 458 g/mol. The average molecular weight is 486 g/mol. The largest absolute Gasteiger partial charge is 0.354 e. The van der Waals surface area contributed by atoms with E-state index < -0.39 is 10.0 Å². The predicted molar refractivity (Wildman–Crippen MR) is 124 cm³/mol. The first-order valence-electron chi connectivity index (χ1n) is 11.1. The summed E-state index contributed by atoms with van der Waals surface area (Å²) in [7, 11) is -3.89. The lowest BCUT2D eigenvalue weighted by Gasteiger charge is -2.31. The van der Waals surface area contributed by atoms with Crippen molar-refractivity contribution in [1.29, 1.82) is 0 Å². The van der Waals surface area contributed by atoms with Crippen LogP contribution in [0.25, 0.3) is 0 Å². The molecule has 1 aromatic carbocycles. The lowest BCUT2D eigenvalue weighted by Crippen LogP contribution is -2.49. The molecule has 0 aliphatic carbocycles. The molecule has 0 bridgehead atoms. The van der Waals surface area contributed by atoms with Gasteiger partial charge in [0.1, 0.15) is 5.82 Å². The van der Waals surface area contributed by atoms with E-state index in [2.05, 4.69) is 15.6 Å². The normalized spacial score (nSPS) is 17.8. The lowest BCUT2D eigenvalue weighted by molar-refractivity contribution is -0.122. The third kappa shape index (κ3) is 5.26. The van der Waals surface area contributed by atoms with Crippen molar-refractivity contribution in [2.24, 2.45) is 5.92 Å². The molecule has 2 aliphatic heterocycles. The molecule has 3 amide bonds. The maximum atomic E-state index is 13.1. The SMILES string of the molecule is Cc1ccnc(NC(=O)C2CCN(C(=O)c3cccc(S(=O)(=O)N4CCNC(=O)C4)c3)CC2)c1. The molecule has 10 nitrogen and oxygen atoms in total. The molecule has 180 valence electrons. The minimum absolute atomic E-state index is 0.0204. The summed E-state index contributed by atoms with van der Waals surface area (Å²) < 4.78 is 27.0. The molecule has 2 N–H and O–H groups in total. The van der Waals surface area contributed by atoms with Crippen LogP contribution >= 0.6 is 0 Å². The molecule has 2 aromatic rings. The summed E-state index contributed by atoms with van der Waals surface area (Å²) in [6.45, 7) is 2.89. The van der Waals surface area contributed by atoms with Crippen LogP contribution in [0.3, 0.4) is 0 Å². The van der Waals surface area contributed by atoms with Crippen LogP contribution in [0.15, 0.2) is 47.5 Å². The van der Waals surface area contributed by atoms with Crippen LogP contribution < -0.4 is 10.6 Å². The van der Waals surface area contributed by atoms with Crippen molar-refractivity contribution in [3.63, 3.8) is 0 Å². The Bertz CT molecular complexity index is 1210. The highest BCUT2D eigenvalue weighted by Crippen LogP contribution is 2.23. The number of sulfonamides is 1. The van der Waals surface area contributed by atoms with Crippen LogP contribution in [0.4, 0.5) is 5.82 Å². The summed E-state index contributed by atoms with van der Waals surface area (Å²) in [5.41, 5.74) is 1.26. The van der Waals surface area contributed by atoms with E-state index in [-0.39, 0.29) is 53.7 Å². The third-order valence-corrected chi connectivity index (χ3v) is 7.88. The van der Waals surface area contributed by atoms with E-state index in [0.717, 1.165) is 9.87 Å². The fraction of sp³-hybridized carbons (Fsp3) is 0.391. The van der Waals surface area contributed by atoms with E-state index in [4.69, 9.17) is 0 Å². The predicted octanol–water partition coefficient (Wildman–Crippen LogP) is 1.00. The van der Waals surface area contributed by atoms with Crippen LogP contribution in [-0.2, 0) is 19.6 Å². The van der Waals surface area contributed by atoms with Crippen molar-refractivity contribution in [1.82, 2.24) is 19.5 Å². The van der Waals surface area contributed by atoms with Crippen molar-refractivity contribution in [3.05, 3.63) is 53.7 Å². The van der Waals surface area contributed by atoms with Gasteiger partial charge in [-0.25, -0.2) is 13.4 Å². The van der Waals surface area contributed by atoms with Gasteiger partial charge in [-0.3, -0.25) is 14.4 Å². The third-order valence-electron chi connectivity index (χ3n) is 6.04.